The molecule has 1 N–H and O–H groups in total. The molecule has 0 aliphatic heterocycles. The van der Waals surface area contributed by atoms with E-state index in [-0.39, 0.29) is 5.69 Å². The molecule has 0 aromatic heterocycles. The average molecular weight is 356 g/mol. The Hall–Kier alpha value is -3.68. The molecule has 0 heterocycles. The number of nitro groups is 1. The zero-order valence-corrected chi connectivity index (χ0v) is 13.9. The normalized spacial score (nSPS) is 10.3. The van der Waals surface area contributed by atoms with Gasteiger partial charge in [-0.1, -0.05) is 6.07 Å². The van der Waals surface area contributed by atoms with Gasteiger partial charge in [0.25, 0.3) is 11.6 Å². The molecule has 0 atom stereocenters. The van der Waals surface area contributed by atoms with Crippen LogP contribution in [0, 0.1) is 10.1 Å². The maximum atomic E-state index is 11.8. The zero-order chi connectivity index (χ0) is 18.9. The van der Waals surface area contributed by atoms with Gasteiger partial charge in [0, 0.05) is 30.0 Å². The molecular weight excluding hydrogens is 340 g/mol. The highest BCUT2D eigenvalue weighted by Crippen LogP contribution is 2.16. The van der Waals surface area contributed by atoms with E-state index in [1.165, 1.54) is 37.5 Å². The maximum Gasteiger partial charge on any atom is 0.331 e. The molecule has 0 saturated carbocycles. The Morgan fingerprint density at radius 2 is 1.92 bits per heavy atom. The molecule has 0 saturated heterocycles. The number of nitrogens with zero attached hydrogens (tertiary/aromatic N) is 1. The number of rotatable bonds is 7. The molecule has 8 nitrogen and oxygen atoms in total. The van der Waals surface area contributed by atoms with Crippen molar-refractivity contribution < 1.29 is 24.0 Å². The van der Waals surface area contributed by atoms with Crippen LogP contribution in [0.1, 0.15) is 5.56 Å². The lowest BCUT2D eigenvalue weighted by Crippen LogP contribution is -2.20. The van der Waals surface area contributed by atoms with Crippen LogP contribution >= 0.6 is 0 Å². The topological polar surface area (TPSA) is 108 Å². The third-order valence-corrected chi connectivity index (χ3v) is 3.21. The van der Waals surface area contributed by atoms with E-state index in [4.69, 9.17) is 9.47 Å². The van der Waals surface area contributed by atoms with E-state index in [0.717, 1.165) is 6.08 Å². The minimum Gasteiger partial charge on any atom is -0.497 e. The van der Waals surface area contributed by atoms with Gasteiger partial charge in [-0.25, -0.2) is 4.79 Å². The third-order valence-electron chi connectivity index (χ3n) is 3.21. The van der Waals surface area contributed by atoms with E-state index >= 15 is 0 Å². The summed E-state index contributed by atoms with van der Waals surface area (Å²) in [5.41, 5.74) is 1.07. The van der Waals surface area contributed by atoms with Gasteiger partial charge >= 0.3 is 5.97 Å². The number of nitro benzene ring substituents is 1. The van der Waals surface area contributed by atoms with E-state index in [1.807, 2.05) is 0 Å². The standard InChI is InChI=1S/C18H16N2O6/c1-25-16-4-2-3-14(11-16)19-17(21)12-26-18(22)10-7-13-5-8-15(9-6-13)20(23)24/h2-11H,12H2,1H3,(H,19,21). The molecule has 0 fully saturated rings. The Morgan fingerprint density at radius 3 is 2.58 bits per heavy atom. The number of methoxy groups -OCH3 is 1. The van der Waals surface area contributed by atoms with Crippen molar-refractivity contribution in [2.24, 2.45) is 0 Å². The molecule has 2 aromatic carbocycles. The first-order chi connectivity index (χ1) is 12.5. The summed E-state index contributed by atoms with van der Waals surface area (Å²) in [5, 5.41) is 13.1. The first kappa shape index (κ1) is 18.7. The highest BCUT2D eigenvalue weighted by Gasteiger charge is 2.07. The summed E-state index contributed by atoms with van der Waals surface area (Å²) in [4.78, 5) is 33.5. The van der Waals surface area contributed by atoms with Gasteiger partial charge in [0.15, 0.2) is 6.61 Å². The van der Waals surface area contributed by atoms with Crippen LogP contribution in [0.3, 0.4) is 0 Å². The van der Waals surface area contributed by atoms with Crippen molar-refractivity contribution in [3.63, 3.8) is 0 Å². The summed E-state index contributed by atoms with van der Waals surface area (Å²) in [5.74, 6) is -0.606. The van der Waals surface area contributed by atoms with Crippen LogP contribution in [-0.4, -0.2) is 30.5 Å². The Bertz CT molecular complexity index is 830. The number of esters is 1. The maximum absolute atomic E-state index is 11.8. The molecule has 0 aliphatic carbocycles. The number of hydrogen-bond acceptors (Lipinski definition) is 6. The fourth-order valence-electron chi connectivity index (χ4n) is 1.95. The summed E-state index contributed by atoms with van der Waals surface area (Å²) in [6.07, 6.45) is 2.58. The number of hydrogen-bond donors (Lipinski definition) is 1. The summed E-state index contributed by atoms with van der Waals surface area (Å²) >= 11 is 0. The molecule has 26 heavy (non-hydrogen) atoms. The lowest BCUT2D eigenvalue weighted by Gasteiger charge is -2.07. The van der Waals surface area contributed by atoms with E-state index in [2.05, 4.69) is 5.32 Å². The monoisotopic (exact) mass is 356 g/mol. The molecule has 2 aromatic rings. The van der Waals surface area contributed by atoms with Crippen molar-refractivity contribution in [3.8, 4) is 5.75 Å². The van der Waals surface area contributed by atoms with E-state index in [9.17, 15) is 19.7 Å². The van der Waals surface area contributed by atoms with Crippen molar-refractivity contribution in [2.45, 2.75) is 0 Å². The summed E-state index contributed by atoms with van der Waals surface area (Å²) < 4.78 is 9.88. The Labute approximate surface area is 149 Å². The minimum absolute atomic E-state index is 0.0426. The molecule has 0 radical (unpaired) electrons. The highest BCUT2D eigenvalue weighted by molar-refractivity contribution is 5.94. The van der Waals surface area contributed by atoms with Gasteiger partial charge < -0.3 is 14.8 Å². The fourth-order valence-corrected chi connectivity index (χ4v) is 1.95. The Kier molecular flexibility index (Phi) is 6.44. The van der Waals surface area contributed by atoms with Crippen LogP contribution in [0.15, 0.2) is 54.6 Å². The van der Waals surface area contributed by atoms with Crippen LogP contribution in [0.5, 0.6) is 5.75 Å². The largest absolute Gasteiger partial charge is 0.497 e. The molecule has 134 valence electrons. The second-order valence-corrected chi connectivity index (χ2v) is 5.07. The average Bonchev–Trinajstić information content (AvgIpc) is 2.65. The number of carbonyl (C=O) groups is 2. The predicted octanol–water partition coefficient (Wildman–Crippen LogP) is 2.80. The second-order valence-electron chi connectivity index (χ2n) is 5.07. The second kappa shape index (κ2) is 8.97. The Balaban J connectivity index is 1.81. The smallest absolute Gasteiger partial charge is 0.331 e. The number of benzene rings is 2. The quantitative estimate of drug-likeness (QED) is 0.354. The van der Waals surface area contributed by atoms with Gasteiger partial charge in [-0.2, -0.15) is 0 Å². The van der Waals surface area contributed by atoms with Crippen molar-refractivity contribution in [1.82, 2.24) is 0 Å². The summed E-state index contributed by atoms with van der Waals surface area (Å²) in [6, 6.07) is 12.4. The van der Waals surface area contributed by atoms with Gasteiger partial charge in [-0.15, -0.1) is 0 Å². The van der Waals surface area contributed by atoms with Gasteiger partial charge in [0.05, 0.1) is 12.0 Å². The van der Waals surface area contributed by atoms with E-state index in [0.29, 0.717) is 17.0 Å². The molecule has 0 aliphatic rings. The molecule has 2 rings (SSSR count). The minimum atomic E-state index is -0.704. The summed E-state index contributed by atoms with van der Waals surface area (Å²) in [7, 11) is 1.51. The zero-order valence-electron chi connectivity index (χ0n) is 13.9. The number of amides is 1. The molecule has 0 spiro atoms. The molecule has 0 bridgehead atoms. The molecule has 0 unspecified atom stereocenters. The first-order valence-electron chi connectivity index (χ1n) is 7.51. The number of non-ortho nitro benzene ring substituents is 1. The predicted molar refractivity (Wildman–Crippen MR) is 94.7 cm³/mol. The SMILES string of the molecule is COc1cccc(NC(=O)COC(=O)C=Cc2ccc([N+](=O)[O-])cc2)c1. The number of anilines is 1. The third kappa shape index (κ3) is 5.75. The van der Waals surface area contributed by atoms with Crippen LogP contribution in [-0.2, 0) is 14.3 Å². The first-order valence-corrected chi connectivity index (χ1v) is 7.51. The molecular formula is C18H16N2O6. The molecule has 1 amide bonds. The van der Waals surface area contributed by atoms with Crippen LogP contribution < -0.4 is 10.1 Å². The van der Waals surface area contributed by atoms with Crippen molar-refractivity contribution in [3.05, 3.63) is 70.3 Å². The van der Waals surface area contributed by atoms with E-state index < -0.39 is 23.4 Å². The van der Waals surface area contributed by atoms with Crippen LogP contribution in [0.4, 0.5) is 11.4 Å². The molecule has 8 heteroatoms. The fraction of sp³-hybridized carbons (Fsp3) is 0.111. The lowest BCUT2D eigenvalue weighted by molar-refractivity contribution is -0.384. The van der Waals surface area contributed by atoms with Gasteiger partial charge in [-0.3, -0.25) is 14.9 Å². The van der Waals surface area contributed by atoms with Crippen molar-refractivity contribution in [2.75, 3.05) is 19.0 Å². The van der Waals surface area contributed by atoms with Crippen LogP contribution in [0.25, 0.3) is 6.08 Å². The highest BCUT2D eigenvalue weighted by atomic mass is 16.6. The lowest BCUT2D eigenvalue weighted by atomic mass is 10.2. The van der Waals surface area contributed by atoms with Crippen LogP contribution in [0.2, 0.25) is 0 Å². The van der Waals surface area contributed by atoms with Gasteiger partial charge in [0.1, 0.15) is 5.75 Å². The summed E-state index contributed by atoms with van der Waals surface area (Å²) in [6.45, 7) is -0.444. The Morgan fingerprint density at radius 1 is 1.19 bits per heavy atom. The van der Waals surface area contributed by atoms with E-state index in [1.54, 1.807) is 24.3 Å². The van der Waals surface area contributed by atoms with Crippen molar-refractivity contribution in [1.29, 1.82) is 0 Å². The number of carbonyl (C=O) groups excluding carboxylic acids is 2. The van der Waals surface area contributed by atoms with Gasteiger partial charge in [-0.05, 0) is 35.9 Å². The number of ether oxygens (including phenoxy) is 2. The van der Waals surface area contributed by atoms with Crippen molar-refractivity contribution >= 4 is 29.3 Å². The van der Waals surface area contributed by atoms with Gasteiger partial charge in [0.2, 0.25) is 0 Å². The number of nitrogens with one attached hydrogen (secondary N) is 1.